The summed E-state index contributed by atoms with van der Waals surface area (Å²) < 4.78 is 5.43. The molecule has 5 heteroatoms. The maximum absolute atomic E-state index is 12.1. The van der Waals surface area contributed by atoms with Crippen LogP contribution in [0.5, 0.6) is 5.75 Å². The van der Waals surface area contributed by atoms with E-state index in [0.29, 0.717) is 11.7 Å². The second-order valence-corrected chi connectivity index (χ2v) is 7.70. The minimum atomic E-state index is -0.444. The van der Waals surface area contributed by atoms with E-state index in [1.54, 1.807) is 4.90 Å². The maximum atomic E-state index is 12.1. The lowest BCUT2D eigenvalue weighted by Crippen LogP contribution is -2.42. The Kier molecular flexibility index (Phi) is 5.62. The number of aryl methyl sites for hydroxylation is 1. The predicted octanol–water partition coefficient (Wildman–Crippen LogP) is 4.07. The lowest BCUT2D eigenvalue weighted by Gasteiger charge is -2.33. The molecule has 0 saturated carbocycles. The number of phenols is 1. The van der Waals surface area contributed by atoms with Gasteiger partial charge in [0.25, 0.3) is 0 Å². The maximum Gasteiger partial charge on any atom is 0.410 e. The van der Waals surface area contributed by atoms with E-state index >= 15 is 0 Å². The lowest BCUT2D eigenvalue weighted by molar-refractivity contribution is 0.0188. The predicted molar refractivity (Wildman–Crippen MR) is 96.6 cm³/mol. The zero-order valence-corrected chi connectivity index (χ0v) is 15.5. The number of hydrogen-bond donors (Lipinski definition) is 2. The highest BCUT2D eigenvalue weighted by Crippen LogP contribution is 2.29. The largest absolute Gasteiger partial charge is 0.507 e. The highest BCUT2D eigenvalue weighted by atomic mass is 16.6. The van der Waals surface area contributed by atoms with E-state index in [4.69, 9.17) is 4.74 Å². The molecule has 0 unspecified atom stereocenters. The molecule has 1 saturated heterocycles. The second-order valence-electron chi connectivity index (χ2n) is 7.70. The van der Waals surface area contributed by atoms with Crippen LogP contribution in [-0.4, -0.2) is 41.3 Å². The Morgan fingerprint density at radius 1 is 1.29 bits per heavy atom. The summed E-state index contributed by atoms with van der Waals surface area (Å²) in [5.74, 6) is 0.881. The van der Waals surface area contributed by atoms with Crippen LogP contribution >= 0.6 is 0 Å². The number of aromatic hydroxyl groups is 1. The molecule has 0 atom stereocenters. The van der Waals surface area contributed by atoms with Crippen molar-refractivity contribution < 1.29 is 14.6 Å². The minimum absolute atomic E-state index is 0.215. The van der Waals surface area contributed by atoms with Crippen molar-refractivity contribution in [1.29, 1.82) is 0 Å². The summed E-state index contributed by atoms with van der Waals surface area (Å²) in [6.45, 7) is 11.8. The first-order valence-corrected chi connectivity index (χ1v) is 8.68. The van der Waals surface area contributed by atoms with Crippen molar-refractivity contribution in [3.63, 3.8) is 0 Å². The number of anilines is 1. The molecular formula is C19H30N2O3. The van der Waals surface area contributed by atoms with E-state index in [2.05, 4.69) is 5.32 Å². The first-order chi connectivity index (χ1) is 11.2. The van der Waals surface area contributed by atoms with Gasteiger partial charge in [-0.25, -0.2) is 4.79 Å². The molecule has 1 aromatic rings. The fourth-order valence-corrected chi connectivity index (χ4v) is 2.93. The molecule has 1 aliphatic heterocycles. The highest BCUT2D eigenvalue weighted by Gasteiger charge is 2.26. The van der Waals surface area contributed by atoms with Gasteiger partial charge in [-0.1, -0.05) is 6.07 Å². The Bertz CT molecular complexity index is 585. The standard InChI is InChI=1S/C19H30N2O3/c1-13-6-7-16(14(2)17(13)22)20-12-15-8-10-21(11-9-15)18(23)24-19(3,4)5/h6-7,15,20,22H,8-12H2,1-5H3. The van der Waals surface area contributed by atoms with E-state index < -0.39 is 5.60 Å². The van der Waals surface area contributed by atoms with E-state index in [1.165, 1.54) is 0 Å². The van der Waals surface area contributed by atoms with Crippen molar-refractivity contribution in [3.8, 4) is 5.75 Å². The van der Waals surface area contributed by atoms with Gasteiger partial charge in [-0.05, 0) is 65.0 Å². The normalized spacial score (nSPS) is 16.1. The molecule has 1 heterocycles. The SMILES string of the molecule is Cc1ccc(NCC2CCN(C(=O)OC(C)(C)C)CC2)c(C)c1O. The molecule has 1 aromatic carbocycles. The number of carbonyl (C=O) groups is 1. The van der Waals surface area contributed by atoms with Crippen LogP contribution in [0, 0.1) is 19.8 Å². The number of carbonyl (C=O) groups excluding carboxylic acids is 1. The van der Waals surface area contributed by atoms with Gasteiger partial charge in [-0.15, -0.1) is 0 Å². The summed E-state index contributed by atoms with van der Waals surface area (Å²) in [5.41, 5.74) is 2.32. The monoisotopic (exact) mass is 334 g/mol. The average molecular weight is 334 g/mol. The van der Waals surface area contributed by atoms with Crippen LogP contribution in [0.25, 0.3) is 0 Å². The molecule has 1 fully saturated rings. The molecule has 24 heavy (non-hydrogen) atoms. The summed E-state index contributed by atoms with van der Waals surface area (Å²) >= 11 is 0. The van der Waals surface area contributed by atoms with Crippen LogP contribution in [0.1, 0.15) is 44.7 Å². The molecule has 2 rings (SSSR count). The molecule has 2 N–H and O–H groups in total. The van der Waals surface area contributed by atoms with Gasteiger partial charge in [0.05, 0.1) is 0 Å². The Labute approximate surface area is 145 Å². The van der Waals surface area contributed by atoms with Gasteiger partial charge in [-0.3, -0.25) is 0 Å². The van der Waals surface area contributed by atoms with Crippen molar-refractivity contribution >= 4 is 11.8 Å². The van der Waals surface area contributed by atoms with Crippen molar-refractivity contribution in [2.45, 2.75) is 53.1 Å². The zero-order chi connectivity index (χ0) is 17.9. The summed E-state index contributed by atoms with van der Waals surface area (Å²) in [5, 5.41) is 13.5. The average Bonchev–Trinajstić information content (AvgIpc) is 2.51. The molecule has 0 spiro atoms. The number of piperidine rings is 1. The first kappa shape index (κ1) is 18.4. The molecule has 1 aliphatic rings. The van der Waals surface area contributed by atoms with Crippen molar-refractivity contribution in [3.05, 3.63) is 23.3 Å². The van der Waals surface area contributed by atoms with Gasteiger partial charge in [0.15, 0.2) is 0 Å². The summed E-state index contributed by atoms with van der Waals surface area (Å²) in [6, 6.07) is 3.94. The second kappa shape index (κ2) is 7.32. The number of nitrogens with zero attached hydrogens (tertiary/aromatic N) is 1. The Morgan fingerprint density at radius 2 is 1.92 bits per heavy atom. The number of likely N-dealkylation sites (tertiary alicyclic amines) is 1. The summed E-state index contributed by atoms with van der Waals surface area (Å²) in [6.07, 6.45) is 1.71. The third-order valence-electron chi connectivity index (χ3n) is 4.48. The van der Waals surface area contributed by atoms with Crippen LogP contribution < -0.4 is 5.32 Å². The molecule has 0 bridgehead atoms. The topological polar surface area (TPSA) is 61.8 Å². The van der Waals surface area contributed by atoms with Crippen LogP contribution in [0.2, 0.25) is 0 Å². The molecule has 0 radical (unpaired) electrons. The van der Waals surface area contributed by atoms with Gasteiger partial charge in [0, 0.05) is 30.9 Å². The molecule has 0 aliphatic carbocycles. The molecule has 1 amide bonds. The zero-order valence-electron chi connectivity index (χ0n) is 15.5. The first-order valence-electron chi connectivity index (χ1n) is 8.68. The summed E-state index contributed by atoms with van der Waals surface area (Å²) in [7, 11) is 0. The van der Waals surface area contributed by atoms with Crippen molar-refractivity contribution in [1.82, 2.24) is 4.90 Å². The summed E-state index contributed by atoms with van der Waals surface area (Å²) in [4.78, 5) is 13.9. The van der Waals surface area contributed by atoms with Crippen LogP contribution in [0.4, 0.5) is 10.5 Å². The fraction of sp³-hybridized carbons (Fsp3) is 0.632. The number of phenolic OH excluding ortho intramolecular Hbond substituents is 1. The Morgan fingerprint density at radius 3 is 2.50 bits per heavy atom. The fourth-order valence-electron chi connectivity index (χ4n) is 2.93. The minimum Gasteiger partial charge on any atom is -0.507 e. The number of rotatable bonds is 3. The Balaban J connectivity index is 1.82. The van der Waals surface area contributed by atoms with Crippen LogP contribution in [0.15, 0.2) is 12.1 Å². The Hall–Kier alpha value is -1.91. The quantitative estimate of drug-likeness (QED) is 0.875. The van der Waals surface area contributed by atoms with Crippen molar-refractivity contribution in [2.75, 3.05) is 25.0 Å². The van der Waals surface area contributed by atoms with Gasteiger partial charge in [-0.2, -0.15) is 0 Å². The lowest BCUT2D eigenvalue weighted by atomic mass is 9.96. The van der Waals surface area contributed by atoms with Gasteiger partial charge < -0.3 is 20.1 Å². The van der Waals surface area contributed by atoms with E-state index in [9.17, 15) is 9.90 Å². The van der Waals surface area contributed by atoms with E-state index in [1.807, 2.05) is 46.8 Å². The number of nitrogens with one attached hydrogen (secondary N) is 1. The number of benzene rings is 1. The van der Waals surface area contributed by atoms with Gasteiger partial charge in [0.1, 0.15) is 11.4 Å². The number of amides is 1. The molecule has 5 nitrogen and oxygen atoms in total. The van der Waals surface area contributed by atoms with E-state index in [0.717, 1.165) is 49.3 Å². The van der Waals surface area contributed by atoms with Gasteiger partial charge >= 0.3 is 6.09 Å². The molecular weight excluding hydrogens is 304 g/mol. The smallest absolute Gasteiger partial charge is 0.410 e. The molecule has 134 valence electrons. The number of ether oxygens (including phenoxy) is 1. The van der Waals surface area contributed by atoms with Crippen LogP contribution in [0.3, 0.4) is 0 Å². The third-order valence-corrected chi connectivity index (χ3v) is 4.48. The number of hydrogen-bond acceptors (Lipinski definition) is 4. The van der Waals surface area contributed by atoms with Crippen molar-refractivity contribution in [2.24, 2.45) is 5.92 Å². The van der Waals surface area contributed by atoms with Crippen LogP contribution in [-0.2, 0) is 4.74 Å². The van der Waals surface area contributed by atoms with E-state index in [-0.39, 0.29) is 6.09 Å². The molecule has 0 aromatic heterocycles. The van der Waals surface area contributed by atoms with Gasteiger partial charge in [0.2, 0.25) is 0 Å². The highest BCUT2D eigenvalue weighted by molar-refractivity contribution is 5.68. The third kappa shape index (κ3) is 4.79.